The first-order chi connectivity index (χ1) is 10.6. The van der Waals surface area contributed by atoms with Gasteiger partial charge in [0.05, 0.1) is 0 Å². The molecule has 0 bridgehead atoms. The monoisotopic (exact) mass is 323 g/mol. The molecule has 2 heterocycles. The third-order valence-electron chi connectivity index (χ3n) is 5.38. The Balaban J connectivity index is 1.73. The van der Waals surface area contributed by atoms with Gasteiger partial charge in [0.25, 0.3) is 0 Å². The minimum absolute atomic E-state index is 0.248. The fourth-order valence-electron chi connectivity index (χ4n) is 3.76. The molecular formula is C19H37N3O. The van der Waals surface area contributed by atoms with Gasteiger partial charge < -0.3 is 4.90 Å². The maximum Gasteiger partial charge on any atom is 0.228 e. The van der Waals surface area contributed by atoms with E-state index in [-0.39, 0.29) is 5.41 Å². The van der Waals surface area contributed by atoms with Gasteiger partial charge in [0, 0.05) is 43.7 Å². The highest BCUT2D eigenvalue weighted by atomic mass is 16.2. The fraction of sp³-hybridized carbons (Fsp3) is 0.947. The number of rotatable bonds is 2. The standard InChI is InChI=1S/C19H37N3O/c1-18(2,3)17(23)21-13-11-20(12-14-21)15-16-7-9-22(10-8-16)19(4,5)6/h16H,7-15H2,1-6H3. The van der Waals surface area contributed by atoms with Crippen LogP contribution in [0.25, 0.3) is 0 Å². The molecule has 0 spiro atoms. The average molecular weight is 324 g/mol. The Morgan fingerprint density at radius 1 is 0.870 bits per heavy atom. The van der Waals surface area contributed by atoms with Gasteiger partial charge in [0.15, 0.2) is 0 Å². The Kier molecular flexibility index (Phi) is 5.78. The summed E-state index contributed by atoms with van der Waals surface area (Å²) in [6.07, 6.45) is 2.64. The van der Waals surface area contributed by atoms with Gasteiger partial charge in [-0.15, -0.1) is 0 Å². The Bertz CT molecular complexity index is 392. The van der Waals surface area contributed by atoms with Crippen LogP contribution < -0.4 is 0 Å². The molecule has 23 heavy (non-hydrogen) atoms. The Hall–Kier alpha value is -0.610. The summed E-state index contributed by atoms with van der Waals surface area (Å²) in [4.78, 5) is 19.6. The van der Waals surface area contributed by atoms with Crippen LogP contribution in [0.4, 0.5) is 0 Å². The van der Waals surface area contributed by atoms with Crippen LogP contribution in [0.15, 0.2) is 0 Å². The van der Waals surface area contributed by atoms with E-state index in [9.17, 15) is 4.79 Å². The summed E-state index contributed by atoms with van der Waals surface area (Å²) in [5, 5.41) is 0. The van der Waals surface area contributed by atoms with Crippen molar-refractivity contribution in [2.45, 2.75) is 59.9 Å². The summed E-state index contributed by atoms with van der Waals surface area (Å²) in [5.41, 5.74) is 0.0614. The van der Waals surface area contributed by atoms with E-state index >= 15 is 0 Å². The number of piperidine rings is 1. The molecule has 0 unspecified atom stereocenters. The SMILES string of the molecule is CC(C)(C)C(=O)N1CCN(CC2CCN(C(C)(C)C)CC2)CC1. The van der Waals surface area contributed by atoms with Gasteiger partial charge in [-0.2, -0.15) is 0 Å². The van der Waals surface area contributed by atoms with E-state index < -0.39 is 0 Å². The van der Waals surface area contributed by atoms with Crippen molar-refractivity contribution in [1.29, 1.82) is 0 Å². The topological polar surface area (TPSA) is 26.8 Å². The molecule has 0 aromatic heterocycles. The zero-order chi connectivity index (χ0) is 17.3. The summed E-state index contributed by atoms with van der Waals surface area (Å²) in [7, 11) is 0. The van der Waals surface area contributed by atoms with Gasteiger partial charge in [-0.25, -0.2) is 0 Å². The van der Waals surface area contributed by atoms with Crippen molar-refractivity contribution in [2.75, 3.05) is 45.8 Å². The molecule has 134 valence electrons. The van der Waals surface area contributed by atoms with E-state index in [1.165, 1.54) is 32.5 Å². The number of carbonyl (C=O) groups is 1. The van der Waals surface area contributed by atoms with Gasteiger partial charge in [-0.3, -0.25) is 14.6 Å². The number of piperazine rings is 1. The fourth-order valence-corrected chi connectivity index (χ4v) is 3.76. The van der Waals surface area contributed by atoms with Gasteiger partial charge in [-0.1, -0.05) is 20.8 Å². The summed E-state index contributed by atoms with van der Waals surface area (Å²) in [6, 6.07) is 0. The van der Waals surface area contributed by atoms with Crippen molar-refractivity contribution in [3.05, 3.63) is 0 Å². The predicted molar refractivity (Wildman–Crippen MR) is 96.5 cm³/mol. The lowest BCUT2D eigenvalue weighted by Gasteiger charge is -2.43. The summed E-state index contributed by atoms with van der Waals surface area (Å²) in [5.74, 6) is 1.13. The van der Waals surface area contributed by atoms with Crippen LogP contribution in [-0.2, 0) is 4.79 Å². The molecule has 4 nitrogen and oxygen atoms in total. The van der Waals surface area contributed by atoms with Crippen molar-refractivity contribution >= 4 is 5.91 Å². The van der Waals surface area contributed by atoms with Gasteiger partial charge in [0.1, 0.15) is 0 Å². The molecule has 0 atom stereocenters. The quantitative estimate of drug-likeness (QED) is 0.782. The second kappa shape index (κ2) is 7.10. The third kappa shape index (κ3) is 5.18. The largest absolute Gasteiger partial charge is 0.340 e. The summed E-state index contributed by atoms with van der Waals surface area (Å²) >= 11 is 0. The van der Waals surface area contributed by atoms with Crippen LogP contribution >= 0.6 is 0 Å². The maximum atomic E-state index is 12.3. The molecule has 0 radical (unpaired) electrons. The van der Waals surface area contributed by atoms with Crippen LogP contribution in [0, 0.1) is 11.3 Å². The highest BCUT2D eigenvalue weighted by Crippen LogP contribution is 2.25. The molecule has 0 aromatic rings. The lowest BCUT2D eigenvalue weighted by molar-refractivity contribution is -0.141. The van der Waals surface area contributed by atoms with E-state index in [2.05, 4.69) is 35.5 Å². The number of hydrogen-bond acceptors (Lipinski definition) is 3. The van der Waals surface area contributed by atoms with E-state index in [4.69, 9.17) is 0 Å². The molecular weight excluding hydrogens is 286 g/mol. The third-order valence-corrected chi connectivity index (χ3v) is 5.38. The van der Waals surface area contributed by atoms with Gasteiger partial charge in [0.2, 0.25) is 5.91 Å². The summed E-state index contributed by atoms with van der Waals surface area (Å²) < 4.78 is 0. The first-order valence-electron chi connectivity index (χ1n) is 9.34. The lowest BCUT2D eigenvalue weighted by Crippen LogP contribution is -2.53. The smallest absolute Gasteiger partial charge is 0.228 e. The number of carbonyl (C=O) groups excluding carboxylic acids is 1. The van der Waals surface area contributed by atoms with Crippen LogP contribution in [0.2, 0.25) is 0 Å². The molecule has 4 heteroatoms. The Labute approximate surface area is 143 Å². The minimum atomic E-state index is -0.248. The maximum absolute atomic E-state index is 12.3. The molecule has 0 aliphatic carbocycles. The Morgan fingerprint density at radius 3 is 1.83 bits per heavy atom. The van der Waals surface area contributed by atoms with Crippen molar-refractivity contribution in [2.24, 2.45) is 11.3 Å². The zero-order valence-corrected chi connectivity index (χ0v) is 16.2. The zero-order valence-electron chi connectivity index (χ0n) is 16.2. The average Bonchev–Trinajstić information content (AvgIpc) is 2.46. The molecule has 2 aliphatic rings. The molecule has 2 aliphatic heterocycles. The first kappa shape index (κ1) is 18.7. The summed E-state index contributed by atoms with van der Waals surface area (Å²) in [6.45, 7) is 20.6. The molecule has 2 fully saturated rings. The number of nitrogens with zero attached hydrogens (tertiary/aromatic N) is 3. The minimum Gasteiger partial charge on any atom is -0.340 e. The molecule has 0 N–H and O–H groups in total. The van der Waals surface area contributed by atoms with Crippen LogP contribution in [0.3, 0.4) is 0 Å². The van der Waals surface area contributed by atoms with Gasteiger partial charge in [-0.05, 0) is 52.6 Å². The highest BCUT2D eigenvalue weighted by Gasteiger charge is 2.31. The van der Waals surface area contributed by atoms with Crippen molar-refractivity contribution in [1.82, 2.24) is 14.7 Å². The van der Waals surface area contributed by atoms with E-state index in [1.54, 1.807) is 0 Å². The van der Waals surface area contributed by atoms with E-state index in [0.717, 1.165) is 32.1 Å². The molecule has 2 saturated heterocycles. The highest BCUT2D eigenvalue weighted by molar-refractivity contribution is 5.81. The molecule has 1 amide bonds. The van der Waals surface area contributed by atoms with E-state index in [0.29, 0.717) is 11.4 Å². The van der Waals surface area contributed by atoms with Crippen molar-refractivity contribution in [3.8, 4) is 0 Å². The number of likely N-dealkylation sites (tertiary alicyclic amines) is 1. The van der Waals surface area contributed by atoms with Crippen LogP contribution in [0.1, 0.15) is 54.4 Å². The second-order valence-corrected chi connectivity index (χ2v) is 9.44. The van der Waals surface area contributed by atoms with Crippen molar-refractivity contribution < 1.29 is 4.79 Å². The first-order valence-corrected chi connectivity index (χ1v) is 9.34. The van der Waals surface area contributed by atoms with Crippen molar-refractivity contribution in [3.63, 3.8) is 0 Å². The van der Waals surface area contributed by atoms with Crippen LogP contribution in [-0.4, -0.2) is 72.0 Å². The molecule has 2 rings (SSSR count). The van der Waals surface area contributed by atoms with E-state index in [1.807, 2.05) is 20.8 Å². The Morgan fingerprint density at radius 2 is 1.39 bits per heavy atom. The second-order valence-electron chi connectivity index (χ2n) is 9.44. The lowest BCUT2D eigenvalue weighted by atomic mass is 9.92. The number of hydrogen-bond donors (Lipinski definition) is 0. The van der Waals surface area contributed by atoms with Gasteiger partial charge >= 0.3 is 0 Å². The predicted octanol–water partition coefficient (Wildman–Crippen LogP) is 2.69. The normalized spacial score (nSPS) is 23.3. The molecule has 0 aromatic carbocycles. The molecule has 0 saturated carbocycles. The van der Waals surface area contributed by atoms with Crippen LogP contribution in [0.5, 0.6) is 0 Å². The number of amides is 1.